The first-order valence-electron chi connectivity index (χ1n) is 4.71. The fraction of sp³-hybridized carbons (Fsp3) is 0. The molecule has 0 fully saturated rings. The number of thiophene rings is 1. The fourth-order valence-electron chi connectivity index (χ4n) is 1.53. The zero-order valence-electron chi connectivity index (χ0n) is 8.47. The predicted octanol–water partition coefficient (Wildman–Crippen LogP) is 5.52. The van der Waals surface area contributed by atoms with Gasteiger partial charge in [0.15, 0.2) is 5.65 Å². The average Bonchev–Trinajstić information content (AvgIpc) is 2.82. The number of imidazole rings is 1. The molecule has 3 heterocycles. The van der Waals surface area contributed by atoms with Crippen LogP contribution < -0.4 is 0 Å². The minimum absolute atomic E-state index is 0.257. The molecule has 3 nitrogen and oxygen atoms in total. The lowest BCUT2D eigenvalue weighted by atomic mass is 10.3. The van der Waals surface area contributed by atoms with Gasteiger partial charge in [-0.15, -0.1) is 11.3 Å². The summed E-state index contributed by atoms with van der Waals surface area (Å²) in [5, 5.41) is 0.665. The summed E-state index contributed by atoms with van der Waals surface area (Å²) in [4.78, 5) is 11.7. The topological polar surface area (TPSA) is 41.6 Å². The van der Waals surface area contributed by atoms with E-state index < -0.39 is 0 Å². The molecule has 3 aromatic heterocycles. The van der Waals surface area contributed by atoms with Crippen LogP contribution in [-0.4, -0.2) is 15.0 Å². The molecule has 0 spiro atoms. The Morgan fingerprint density at radius 3 is 2.61 bits per heavy atom. The maximum Gasteiger partial charge on any atom is 0.179 e. The van der Waals surface area contributed by atoms with Gasteiger partial charge < -0.3 is 4.98 Å². The van der Waals surface area contributed by atoms with Gasteiger partial charge in [-0.1, -0.05) is 23.2 Å². The van der Waals surface area contributed by atoms with Crippen LogP contribution in [0.2, 0.25) is 10.2 Å². The highest BCUT2D eigenvalue weighted by molar-refractivity contribution is 9.12. The highest BCUT2D eigenvalue weighted by atomic mass is 79.9. The average molecular weight is 428 g/mol. The number of aromatic nitrogens is 3. The first-order valence-corrected chi connectivity index (χ1v) is 7.87. The molecule has 1 N–H and O–H groups in total. The number of H-pyrrole nitrogens is 1. The van der Waals surface area contributed by atoms with Crippen LogP contribution in [0.1, 0.15) is 0 Å². The Bertz CT molecular complexity index is 714. The summed E-state index contributed by atoms with van der Waals surface area (Å²) in [6.07, 6.45) is 0. The van der Waals surface area contributed by atoms with Crippen LogP contribution >= 0.6 is 66.4 Å². The largest absolute Gasteiger partial charge is 0.336 e. The quantitative estimate of drug-likeness (QED) is 0.519. The van der Waals surface area contributed by atoms with Gasteiger partial charge in [0.05, 0.1) is 18.1 Å². The Kier molecular flexibility index (Phi) is 3.40. The molecule has 0 unspecified atom stereocenters. The van der Waals surface area contributed by atoms with E-state index in [4.69, 9.17) is 23.2 Å². The van der Waals surface area contributed by atoms with E-state index in [1.54, 1.807) is 17.4 Å². The van der Waals surface area contributed by atoms with Crippen LogP contribution in [0.4, 0.5) is 0 Å². The van der Waals surface area contributed by atoms with Crippen LogP contribution in [0.3, 0.4) is 0 Å². The second-order valence-electron chi connectivity index (χ2n) is 3.46. The summed E-state index contributed by atoms with van der Waals surface area (Å²) >= 11 is 20.3. The van der Waals surface area contributed by atoms with Gasteiger partial charge in [0, 0.05) is 5.56 Å². The minimum Gasteiger partial charge on any atom is -0.336 e. The molecule has 3 aromatic rings. The normalized spacial score (nSPS) is 11.3. The molecule has 0 amide bonds. The van der Waals surface area contributed by atoms with Gasteiger partial charge in [0.25, 0.3) is 0 Å². The van der Waals surface area contributed by atoms with E-state index in [2.05, 4.69) is 46.8 Å². The number of hydrogen-bond acceptors (Lipinski definition) is 3. The lowest BCUT2D eigenvalue weighted by Gasteiger charge is -1.92. The van der Waals surface area contributed by atoms with E-state index in [0.717, 1.165) is 24.5 Å². The lowest BCUT2D eigenvalue weighted by molar-refractivity contribution is 1.30. The number of rotatable bonds is 1. The zero-order valence-corrected chi connectivity index (χ0v) is 14.0. The molecule has 0 aliphatic carbocycles. The van der Waals surface area contributed by atoms with Crippen molar-refractivity contribution in [3.63, 3.8) is 0 Å². The number of aromatic amines is 1. The van der Waals surface area contributed by atoms with Crippen molar-refractivity contribution in [1.29, 1.82) is 0 Å². The van der Waals surface area contributed by atoms with E-state index in [1.807, 2.05) is 6.07 Å². The predicted molar refractivity (Wildman–Crippen MR) is 82.6 cm³/mol. The number of nitrogens with zero attached hydrogens (tertiary/aromatic N) is 2. The third kappa shape index (κ3) is 2.20. The van der Waals surface area contributed by atoms with Crippen LogP contribution in [-0.2, 0) is 0 Å². The summed E-state index contributed by atoms with van der Waals surface area (Å²) < 4.78 is 2.01. The summed E-state index contributed by atoms with van der Waals surface area (Å²) in [5.41, 5.74) is 2.28. The van der Waals surface area contributed by atoms with E-state index in [0.29, 0.717) is 10.7 Å². The van der Waals surface area contributed by atoms with Gasteiger partial charge >= 0.3 is 0 Å². The van der Waals surface area contributed by atoms with Crippen LogP contribution in [0.25, 0.3) is 22.6 Å². The van der Waals surface area contributed by atoms with E-state index in [1.165, 1.54) is 0 Å². The van der Waals surface area contributed by atoms with Crippen molar-refractivity contribution in [1.82, 2.24) is 15.0 Å². The molecule has 92 valence electrons. The van der Waals surface area contributed by atoms with Crippen molar-refractivity contribution in [3.8, 4) is 11.4 Å². The molecule has 3 rings (SSSR count). The van der Waals surface area contributed by atoms with Crippen molar-refractivity contribution in [3.05, 3.63) is 29.9 Å². The van der Waals surface area contributed by atoms with Crippen molar-refractivity contribution in [2.24, 2.45) is 0 Å². The monoisotopic (exact) mass is 425 g/mol. The standard InChI is InChI=1S/C10H3Br2Cl2N3S/c11-6-1-3(7(12)18-6)9-15-5-2-4(13)8(14)16-10(5)17-9/h1-2H,(H,15,16,17). The lowest BCUT2D eigenvalue weighted by Crippen LogP contribution is -1.79. The number of nitrogens with one attached hydrogen (secondary N) is 1. The van der Waals surface area contributed by atoms with Crippen molar-refractivity contribution in [2.75, 3.05) is 0 Å². The Labute approximate surface area is 133 Å². The third-order valence-electron chi connectivity index (χ3n) is 2.30. The SMILES string of the molecule is Clc1cc2[nH]c(-c3cc(Br)sc3Br)nc2nc1Cl. The van der Waals surface area contributed by atoms with Crippen molar-refractivity contribution < 1.29 is 0 Å². The van der Waals surface area contributed by atoms with Gasteiger partial charge in [0.2, 0.25) is 0 Å². The summed E-state index contributed by atoms with van der Waals surface area (Å²) in [5.74, 6) is 0.727. The molecule has 0 aliphatic rings. The minimum atomic E-state index is 0.257. The van der Waals surface area contributed by atoms with Crippen LogP contribution in [0, 0.1) is 0 Å². The molecule has 18 heavy (non-hydrogen) atoms. The fourth-order valence-corrected chi connectivity index (χ4v) is 4.62. The smallest absolute Gasteiger partial charge is 0.179 e. The number of pyridine rings is 1. The molecule has 0 radical (unpaired) electrons. The zero-order chi connectivity index (χ0) is 12.9. The van der Waals surface area contributed by atoms with Gasteiger partial charge in [0.1, 0.15) is 11.0 Å². The summed E-state index contributed by atoms with van der Waals surface area (Å²) in [6, 6.07) is 3.70. The van der Waals surface area contributed by atoms with E-state index >= 15 is 0 Å². The summed E-state index contributed by atoms with van der Waals surface area (Å²) in [6.45, 7) is 0. The molecule has 0 atom stereocenters. The highest BCUT2D eigenvalue weighted by Crippen LogP contribution is 2.38. The Balaban J connectivity index is 2.22. The molecule has 8 heteroatoms. The molecule has 0 saturated heterocycles. The maximum absolute atomic E-state index is 5.92. The summed E-state index contributed by atoms with van der Waals surface area (Å²) in [7, 11) is 0. The molecule has 0 aliphatic heterocycles. The van der Waals surface area contributed by atoms with Crippen LogP contribution in [0.15, 0.2) is 19.7 Å². The highest BCUT2D eigenvalue weighted by Gasteiger charge is 2.13. The molecular weight excluding hydrogens is 425 g/mol. The van der Waals surface area contributed by atoms with Gasteiger partial charge in [-0.3, -0.25) is 0 Å². The number of halogens is 4. The van der Waals surface area contributed by atoms with E-state index in [9.17, 15) is 0 Å². The van der Waals surface area contributed by atoms with Gasteiger partial charge in [-0.2, -0.15) is 0 Å². The Hall–Kier alpha value is -0.140. The maximum atomic E-state index is 5.92. The van der Waals surface area contributed by atoms with Crippen molar-refractivity contribution in [2.45, 2.75) is 0 Å². The van der Waals surface area contributed by atoms with E-state index in [-0.39, 0.29) is 5.15 Å². The second kappa shape index (κ2) is 4.76. The Morgan fingerprint density at radius 2 is 1.94 bits per heavy atom. The Morgan fingerprint density at radius 1 is 1.17 bits per heavy atom. The first kappa shape index (κ1) is 12.9. The number of hydrogen-bond donors (Lipinski definition) is 1. The molecule has 0 saturated carbocycles. The first-order chi connectivity index (χ1) is 8.54. The van der Waals surface area contributed by atoms with Crippen LogP contribution in [0.5, 0.6) is 0 Å². The van der Waals surface area contributed by atoms with Gasteiger partial charge in [-0.25, -0.2) is 9.97 Å². The second-order valence-corrected chi connectivity index (χ2v) is 7.97. The van der Waals surface area contributed by atoms with Gasteiger partial charge in [-0.05, 0) is 44.0 Å². The third-order valence-corrected chi connectivity index (χ3v) is 5.31. The molecule has 0 aromatic carbocycles. The molecule has 0 bridgehead atoms. The molecular formula is C10H3Br2Cl2N3S. The van der Waals surface area contributed by atoms with Crippen molar-refractivity contribution >= 4 is 77.6 Å². The number of fused-ring (bicyclic) bond motifs is 1.